The predicted molar refractivity (Wildman–Crippen MR) is 53.0 cm³/mol. The predicted octanol–water partition coefficient (Wildman–Crippen LogP) is 1.25. The molecule has 2 N–H and O–H groups in total. The molecule has 0 spiro atoms. The van der Waals surface area contributed by atoms with Crippen LogP contribution in [-0.2, 0) is 6.54 Å². The summed E-state index contributed by atoms with van der Waals surface area (Å²) < 4.78 is 1.76. The van der Waals surface area contributed by atoms with Gasteiger partial charge in [-0.05, 0) is 12.1 Å². The molecule has 1 aromatic heterocycles. The highest BCUT2D eigenvalue weighted by molar-refractivity contribution is 5.90. The third kappa shape index (κ3) is 1.13. The smallest absolute Gasteiger partial charge is 0.102 e. The van der Waals surface area contributed by atoms with Crippen LogP contribution < -0.4 is 5.73 Å². The van der Waals surface area contributed by atoms with Gasteiger partial charge in [0.2, 0.25) is 0 Å². The number of terminal acetylenes is 1. The molecule has 3 nitrogen and oxygen atoms in total. The van der Waals surface area contributed by atoms with E-state index in [0.717, 1.165) is 16.6 Å². The van der Waals surface area contributed by atoms with Gasteiger partial charge in [-0.25, -0.2) is 0 Å². The number of nitrogen functional groups attached to an aromatic ring is 1. The zero-order chi connectivity index (χ0) is 9.26. The van der Waals surface area contributed by atoms with Crippen LogP contribution in [0.15, 0.2) is 24.4 Å². The van der Waals surface area contributed by atoms with E-state index in [2.05, 4.69) is 11.0 Å². The van der Waals surface area contributed by atoms with Gasteiger partial charge in [-0.3, -0.25) is 4.68 Å². The fourth-order valence-corrected chi connectivity index (χ4v) is 1.34. The van der Waals surface area contributed by atoms with Gasteiger partial charge in [0.1, 0.15) is 6.54 Å². The molecular weight excluding hydrogens is 162 g/mol. The van der Waals surface area contributed by atoms with Crippen molar-refractivity contribution < 1.29 is 0 Å². The highest BCUT2D eigenvalue weighted by atomic mass is 15.3. The zero-order valence-electron chi connectivity index (χ0n) is 7.07. The largest absolute Gasteiger partial charge is 0.398 e. The summed E-state index contributed by atoms with van der Waals surface area (Å²) in [5, 5.41) is 5.10. The quantitative estimate of drug-likeness (QED) is 0.518. The average Bonchev–Trinajstić information content (AvgIpc) is 2.51. The van der Waals surface area contributed by atoms with Crippen molar-refractivity contribution in [3.63, 3.8) is 0 Å². The van der Waals surface area contributed by atoms with Crippen LogP contribution >= 0.6 is 0 Å². The molecule has 0 radical (unpaired) electrons. The van der Waals surface area contributed by atoms with E-state index >= 15 is 0 Å². The van der Waals surface area contributed by atoms with E-state index in [4.69, 9.17) is 12.2 Å². The Balaban J connectivity index is 2.70. The van der Waals surface area contributed by atoms with E-state index in [1.807, 2.05) is 18.2 Å². The van der Waals surface area contributed by atoms with E-state index in [1.54, 1.807) is 10.9 Å². The van der Waals surface area contributed by atoms with Crippen LogP contribution in [0, 0.1) is 12.3 Å². The molecule has 0 saturated heterocycles. The summed E-state index contributed by atoms with van der Waals surface area (Å²) in [6.07, 6.45) is 6.94. The summed E-state index contributed by atoms with van der Waals surface area (Å²) in [5.41, 5.74) is 7.48. The number of nitrogens with zero attached hydrogens (tertiary/aromatic N) is 2. The highest BCUT2D eigenvalue weighted by Gasteiger charge is 2.02. The Hall–Kier alpha value is -1.95. The lowest BCUT2D eigenvalue weighted by Crippen LogP contribution is -1.96. The Morgan fingerprint density at radius 2 is 2.38 bits per heavy atom. The van der Waals surface area contributed by atoms with Crippen molar-refractivity contribution in [3.8, 4) is 12.3 Å². The molecule has 13 heavy (non-hydrogen) atoms. The Bertz CT molecular complexity index is 476. The van der Waals surface area contributed by atoms with Crippen LogP contribution in [0.5, 0.6) is 0 Å². The molecule has 64 valence electrons. The van der Waals surface area contributed by atoms with Gasteiger partial charge in [0.15, 0.2) is 0 Å². The van der Waals surface area contributed by atoms with Crippen molar-refractivity contribution in [1.82, 2.24) is 9.78 Å². The molecule has 0 aliphatic rings. The highest BCUT2D eigenvalue weighted by Crippen LogP contribution is 2.19. The SMILES string of the molecule is C#CCn1ncc2c(N)cccc21. The Labute approximate surface area is 76.2 Å². The first-order valence-corrected chi connectivity index (χ1v) is 3.96. The van der Waals surface area contributed by atoms with Crippen LogP contribution in [0.3, 0.4) is 0 Å². The molecule has 0 fully saturated rings. The third-order valence-corrected chi connectivity index (χ3v) is 1.96. The van der Waals surface area contributed by atoms with Gasteiger partial charge in [-0.2, -0.15) is 5.10 Å². The first-order valence-electron chi connectivity index (χ1n) is 3.96. The molecule has 0 aliphatic carbocycles. The number of hydrogen-bond donors (Lipinski definition) is 1. The van der Waals surface area contributed by atoms with E-state index in [-0.39, 0.29) is 0 Å². The molecule has 1 heterocycles. The molecule has 0 bridgehead atoms. The lowest BCUT2D eigenvalue weighted by molar-refractivity contribution is 0.743. The van der Waals surface area contributed by atoms with Gasteiger partial charge in [-0.1, -0.05) is 12.0 Å². The second kappa shape index (κ2) is 2.83. The maximum atomic E-state index is 5.76. The Morgan fingerprint density at radius 1 is 1.54 bits per heavy atom. The molecule has 3 heteroatoms. The van der Waals surface area contributed by atoms with Gasteiger partial charge >= 0.3 is 0 Å². The third-order valence-electron chi connectivity index (χ3n) is 1.96. The van der Waals surface area contributed by atoms with E-state index in [0.29, 0.717) is 6.54 Å². The Morgan fingerprint density at radius 3 is 3.15 bits per heavy atom. The molecule has 0 atom stereocenters. The van der Waals surface area contributed by atoms with E-state index < -0.39 is 0 Å². The number of fused-ring (bicyclic) bond motifs is 1. The first-order chi connectivity index (χ1) is 6.33. The number of hydrogen-bond acceptors (Lipinski definition) is 2. The van der Waals surface area contributed by atoms with Gasteiger partial charge in [0, 0.05) is 11.1 Å². The minimum Gasteiger partial charge on any atom is -0.398 e. The fourth-order valence-electron chi connectivity index (χ4n) is 1.34. The molecule has 1 aromatic carbocycles. The van der Waals surface area contributed by atoms with Crippen molar-refractivity contribution in [2.24, 2.45) is 0 Å². The van der Waals surface area contributed by atoms with Crippen molar-refractivity contribution in [2.45, 2.75) is 6.54 Å². The number of rotatable bonds is 1. The monoisotopic (exact) mass is 171 g/mol. The number of aromatic nitrogens is 2. The lowest BCUT2D eigenvalue weighted by Gasteiger charge is -1.98. The standard InChI is InChI=1S/C10H9N3/c1-2-6-13-10-5-3-4-9(11)8(10)7-12-13/h1,3-5,7H,6,11H2. The maximum absolute atomic E-state index is 5.76. The first kappa shape index (κ1) is 7.69. The van der Waals surface area contributed by atoms with Crippen LogP contribution in [-0.4, -0.2) is 9.78 Å². The van der Waals surface area contributed by atoms with Gasteiger partial charge in [-0.15, -0.1) is 6.42 Å². The number of anilines is 1. The van der Waals surface area contributed by atoms with Crippen LogP contribution in [0.25, 0.3) is 10.9 Å². The lowest BCUT2D eigenvalue weighted by atomic mass is 10.2. The summed E-state index contributed by atoms with van der Waals surface area (Å²) in [5.74, 6) is 2.54. The van der Waals surface area contributed by atoms with Crippen molar-refractivity contribution in [1.29, 1.82) is 0 Å². The molecule has 2 rings (SSSR count). The molecule has 0 aliphatic heterocycles. The minimum atomic E-state index is 0.479. The maximum Gasteiger partial charge on any atom is 0.102 e. The van der Waals surface area contributed by atoms with Gasteiger partial charge in [0.25, 0.3) is 0 Å². The summed E-state index contributed by atoms with van der Waals surface area (Å²) in [4.78, 5) is 0. The molecule has 2 aromatic rings. The summed E-state index contributed by atoms with van der Waals surface area (Å²) in [6, 6.07) is 5.70. The summed E-state index contributed by atoms with van der Waals surface area (Å²) >= 11 is 0. The second-order valence-corrected chi connectivity index (χ2v) is 2.79. The fraction of sp³-hybridized carbons (Fsp3) is 0.100. The minimum absolute atomic E-state index is 0.479. The normalized spacial score (nSPS) is 10.1. The van der Waals surface area contributed by atoms with Crippen LogP contribution in [0.4, 0.5) is 5.69 Å². The molecule has 0 saturated carbocycles. The van der Waals surface area contributed by atoms with E-state index in [9.17, 15) is 0 Å². The van der Waals surface area contributed by atoms with Gasteiger partial charge in [0.05, 0.1) is 11.7 Å². The zero-order valence-corrected chi connectivity index (χ0v) is 7.07. The number of nitrogens with two attached hydrogens (primary N) is 1. The van der Waals surface area contributed by atoms with Crippen LogP contribution in [0.1, 0.15) is 0 Å². The topological polar surface area (TPSA) is 43.8 Å². The van der Waals surface area contributed by atoms with Crippen molar-refractivity contribution in [3.05, 3.63) is 24.4 Å². The van der Waals surface area contributed by atoms with Crippen molar-refractivity contribution in [2.75, 3.05) is 5.73 Å². The van der Waals surface area contributed by atoms with Crippen LogP contribution in [0.2, 0.25) is 0 Å². The van der Waals surface area contributed by atoms with Gasteiger partial charge < -0.3 is 5.73 Å². The summed E-state index contributed by atoms with van der Waals surface area (Å²) in [6.45, 7) is 0.479. The Kier molecular flexibility index (Phi) is 1.67. The summed E-state index contributed by atoms with van der Waals surface area (Å²) in [7, 11) is 0. The molecular formula is C10H9N3. The van der Waals surface area contributed by atoms with E-state index in [1.165, 1.54) is 0 Å². The van der Waals surface area contributed by atoms with Crippen molar-refractivity contribution >= 4 is 16.6 Å². The second-order valence-electron chi connectivity index (χ2n) is 2.79. The number of benzene rings is 1. The molecule has 0 unspecified atom stereocenters. The molecule has 0 amide bonds. The average molecular weight is 171 g/mol.